The van der Waals surface area contributed by atoms with Gasteiger partial charge in [0.05, 0.1) is 4.92 Å². The number of nitrogens with zero attached hydrogens (tertiary/aromatic N) is 4. The molecule has 8 nitrogen and oxygen atoms in total. The first-order valence-electron chi connectivity index (χ1n) is 10.0. The summed E-state index contributed by atoms with van der Waals surface area (Å²) in [5.41, 5.74) is 2.82. The number of anilines is 1. The zero-order chi connectivity index (χ0) is 20.4. The van der Waals surface area contributed by atoms with Crippen molar-refractivity contribution in [1.29, 1.82) is 0 Å². The summed E-state index contributed by atoms with van der Waals surface area (Å²) in [5.74, 6) is 0.398. The molecule has 1 aromatic carbocycles. The maximum atomic E-state index is 10.8. The highest BCUT2D eigenvalue weighted by atomic mass is 16.6. The summed E-state index contributed by atoms with van der Waals surface area (Å²) in [6, 6.07) is 6.71. The summed E-state index contributed by atoms with van der Waals surface area (Å²) >= 11 is 0. The molecular formula is C21H26N4O4. The fraction of sp³-hybridized carbons (Fsp3) is 0.429. The Kier molecular flexibility index (Phi) is 5.44. The van der Waals surface area contributed by atoms with Gasteiger partial charge in [0.15, 0.2) is 11.8 Å². The molecule has 1 aromatic heterocycles. The Morgan fingerprint density at radius 3 is 2.03 bits per heavy atom. The lowest BCUT2D eigenvalue weighted by Gasteiger charge is -2.36. The van der Waals surface area contributed by atoms with Crippen molar-refractivity contribution in [2.24, 2.45) is 0 Å². The monoisotopic (exact) mass is 398 g/mol. The van der Waals surface area contributed by atoms with Crippen LogP contribution < -0.4 is 4.90 Å². The molecule has 154 valence electrons. The maximum Gasteiger partial charge on any atom is 0.269 e. The van der Waals surface area contributed by atoms with Crippen LogP contribution in [0.3, 0.4) is 0 Å². The van der Waals surface area contributed by atoms with Crippen LogP contribution in [0.5, 0.6) is 11.8 Å². The molecule has 1 aliphatic carbocycles. The summed E-state index contributed by atoms with van der Waals surface area (Å²) in [6.45, 7) is 5.07. The third-order valence-corrected chi connectivity index (χ3v) is 5.88. The van der Waals surface area contributed by atoms with E-state index in [-0.39, 0.29) is 22.4 Å². The number of benzene rings is 1. The van der Waals surface area contributed by atoms with Gasteiger partial charge in [-0.25, -0.2) is 0 Å². The fourth-order valence-corrected chi connectivity index (χ4v) is 4.21. The van der Waals surface area contributed by atoms with Crippen LogP contribution in [-0.2, 0) is 19.4 Å². The zero-order valence-electron chi connectivity index (χ0n) is 16.3. The van der Waals surface area contributed by atoms with E-state index < -0.39 is 0 Å². The number of hydrogen-bond acceptors (Lipinski definition) is 6. The molecule has 8 heteroatoms. The largest absolute Gasteiger partial charge is 0.494 e. The number of aromatic hydroxyl groups is 2. The number of hydrogen-bond donors (Lipinski definition) is 2. The molecule has 1 fully saturated rings. The number of non-ortho nitro benzene ring substituents is 1. The SMILES string of the molecule is O=[N+]([O-])c1ccc(N2CCN(CCCn3c(O)c4c(c3O)CC=CC4)CC2)cc1. The van der Waals surface area contributed by atoms with E-state index in [0.717, 1.165) is 56.0 Å². The molecule has 0 bridgehead atoms. The van der Waals surface area contributed by atoms with E-state index in [1.807, 2.05) is 24.3 Å². The molecule has 0 spiro atoms. The van der Waals surface area contributed by atoms with E-state index in [1.165, 1.54) is 0 Å². The number of nitro groups is 1. The van der Waals surface area contributed by atoms with Gasteiger partial charge in [-0.1, -0.05) is 12.2 Å². The van der Waals surface area contributed by atoms with Crippen molar-refractivity contribution in [3.8, 4) is 11.8 Å². The predicted octanol–water partition coefficient (Wildman–Crippen LogP) is 2.67. The summed E-state index contributed by atoms with van der Waals surface area (Å²) in [6.07, 6.45) is 6.24. The van der Waals surface area contributed by atoms with Crippen molar-refractivity contribution in [2.75, 3.05) is 37.6 Å². The normalized spacial score (nSPS) is 16.8. The second-order valence-corrected chi connectivity index (χ2v) is 7.59. The van der Waals surface area contributed by atoms with Gasteiger partial charge in [-0.15, -0.1) is 0 Å². The molecule has 1 saturated heterocycles. The molecule has 2 aromatic rings. The Bertz CT molecular complexity index is 880. The Balaban J connectivity index is 1.27. The van der Waals surface area contributed by atoms with Gasteiger partial charge in [-0.05, 0) is 37.9 Å². The number of nitro benzene ring substituents is 1. The zero-order valence-corrected chi connectivity index (χ0v) is 16.3. The first kappa shape index (κ1) is 19.3. The number of piperazine rings is 1. The molecule has 0 atom stereocenters. The van der Waals surface area contributed by atoms with Crippen LogP contribution in [0.15, 0.2) is 36.4 Å². The lowest BCUT2D eigenvalue weighted by atomic mass is 10.0. The molecule has 0 amide bonds. The minimum Gasteiger partial charge on any atom is -0.494 e. The van der Waals surface area contributed by atoms with Gasteiger partial charge in [-0.3, -0.25) is 19.6 Å². The lowest BCUT2D eigenvalue weighted by Crippen LogP contribution is -2.46. The Morgan fingerprint density at radius 1 is 0.897 bits per heavy atom. The van der Waals surface area contributed by atoms with Crippen molar-refractivity contribution in [3.63, 3.8) is 0 Å². The maximum absolute atomic E-state index is 10.8. The summed E-state index contributed by atoms with van der Waals surface area (Å²) in [7, 11) is 0. The minimum atomic E-state index is -0.380. The van der Waals surface area contributed by atoms with Gasteiger partial charge in [-0.2, -0.15) is 0 Å². The fourth-order valence-electron chi connectivity index (χ4n) is 4.21. The molecular weight excluding hydrogens is 372 g/mol. The van der Waals surface area contributed by atoms with Crippen LogP contribution in [0.25, 0.3) is 0 Å². The molecule has 2 N–H and O–H groups in total. The third kappa shape index (κ3) is 3.93. The van der Waals surface area contributed by atoms with E-state index in [9.17, 15) is 20.3 Å². The van der Waals surface area contributed by atoms with Crippen LogP contribution >= 0.6 is 0 Å². The summed E-state index contributed by atoms with van der Waals surface area (Å²) < 4.78 is 1.63. The molecule has 29 heavy (non-hydrogen) atoms. The highest BCUT2D eigenvalue weighted by Crippen LogP contribution is 2.36. The second-order valence-electron chi connectivity index (χ2n) is 7.59. The van der Waals surface area contributed by atoms with Crippen LogP contribution in [-0.4, -0.2) is 57.3 Å². The van der Waals surface area contributed by atoms with Crippen molar-refractivity contribution in [3.05, 3.63) is 57.7 Å². The Hall–Kier alpha value is -3.00. The highest BCUT2D eigenvalue weighted by molar-refractivity contribution is 5.51. The first-order valence-corrected chi connectivity index (χ1v) is 10.0. The molecule has 0 radical (unpaired) electrons. The number of aromatic nitrogens is 1. The lowest BCUT2D eigenvalue weighted by molar-refractivity contribution is -0.384. The highest BCUT2D eigenvalue weighted by Gasteiger charge is 2.23. The van der Waals surface area contributed by atoms with Crippen molar-refractivity contribution >= 4 is 11.4 Å². The smallest absolute Gasteiger partial charge is 0.269 e. The molecule has 0 unspecified atom stereocenters. The average molecular weight is 398 g/mol. The molecule has 0 saturated carbocycles. The number of rotatable bonds is 6. The predicted molar refractivity (Wildman–Crippen MR) is 111 cm³/mol. The first-order chi connectivity index (χ1) is 14.0. The molecule has 2 heterocycles. The number of allylic oxidation sites excluding steroid dienone is 2. The van der Waals surface area contributed by atoms with E-state index in [2.05, 4.69) is 9.80 Å². The van der Waals surface area contributed by atoms with E-state index in [4.69, 9.17) is 0 Å². The van der Waals surface area contributed by atoms with E-state index >= 15 is 0 Å². The van der Waals surface area contributed by atoms with E-state index in [0.29, 0.717) is 19.4 Å². The quantitative estimate of drug-likeness (QED) is 0.441. The summed E-state index contributed by atoms with van der Waals surface area (Å²) in [5, 5.41) is 31.6. The number of fused-ring (bicyclic) bond motifs is 1. The Labute approximate surface area is 169 Å². The van der Waals surface area contributed by atoms with Crippen LogP contribution in [0.1, 0.15) is 17.5 Å². The topological polar surface area (TPSA) is 95.0 Å². The van der Waals surface area contributed by atoms with Crippen molar-refractivity contribution in [1.82, 2.24) is 9.47 Å². The van der Waals surface area contributed by atoms with Crippen LogP contribution in [0.2, 0.25) is 0 Å². The standard InChI is InChI=1S/C21H26N4O4/c26-20-18-4-1-2-5-19(18)21(27)24(20)11-3-10-22-12-14-23(15-13-22)16-6-8-17(9-7-16)25(28)29/h1-2,6-9,26-27H,3-5,10-15H2. The molecule has 2 aliphatic rings. The van der Waals surface area contributed by atoms with Gasteiger partial charge in [0.25, 0.3) is 5.69 Å². The van der Waals surface area contributed by atoms with Crippen LogP contribution in [0.4, 0.5) is 11.4 Å². The average Bonchev–Trinajstić information content (AvgIpc) is 2.99. The second kappa shape index (κ2) is 8.16. The van der Waals surface area contributed by atoms with Gasteiger partial charge in [0.2, 0.25) is 0 Å². The summed E-state index contributed by atoms with van der Waals surface area (Å²) in [4.78, 5) is 15.0. The third-order valence-electron chi connectivity index (χ3n) is 5.88. The van der Waals surface area contributed by atoms with Gasteiger partial charge in [0.1, 0.15) is 0 Å². The van der Waals surface area contributed by atoms with Gasteiger partial charge in [0, 0.05) is 61.7 Å². The van der Waals surface area contributed by atoms with Crippen molar-refractivity contribution in [2.45, 2.75) is 25.8 Å². The molecule has 4 rings (SSSR count). The minimum absolute atomic E-state index is 0.112. The Morgan fingerprint density at radius 2 is 1.48 bits per heavy atom. The van der Waals surface area contributed by atoms with Gasteiger partial charge >= 0.3 is 0 Å². The van der Waals surface area contributed by atoms with Gasteiger partial charge < -0.3 is 15.1 Å². The van der Waals surface area contributed by atoms with Crippen molar-refractivity contribution < 1.29 is 15.1 Å². The van der Waals surface area contributed by atoms with E-state index in [1.54, 1.807) is 16.7 Å². The molecule has 1 aliphatic heterocycles. The van der Waals surface area contributed by atoms with Crippen LogP contribution in [0, 0.1) is 10.1 Å².